The highest BCUT2D eigenvalue weighted by atomic mass is 127. The van der Waals surface area contributed by atoms with Gasteiger partial charge in [0.1, 0.15) is 0 Å². The summed E-state index contributed by atoms with van der Waals surface area (Å²) in [6.45, 7) is 2.06. The molecule has 0 spiro atoms. The summed E-state index contributed by atoms with van der Waals surface area (Å²) in [7, 11) is 0. The normalized spacial score (nSPS) is 10.7. The van der Waals surface area contributed by atoms with Crippen molar-refractivity contribution >= 4 is 28.4 Å². The first-order chi connectivity index (χ1) is 9.68. The van der Waals surface area contributed by atoms with Crippen molar-refractivity contribution in [3.63, 3.8) is 0 Å². The highest BCUT2D eigenvalue weighted by Crippen LogP contribution is 2.38. The molecule has 1 aromatic carbocycles. The van der Waals surface area contributed by atoms with Crippen LogP contribution >= 0.6 is 22.6 Å². The number of hydrogen-bond donors (Lipinski definition) is 1. The molecule has 0 aliphatic heterocycles. The van der Waals surface area contributed by atoms with Crippen molar-refractivity contribution in [2.75, 3.05) is 5.73 Å². The number of anilines is 1. The zero-order valence-corrected chi connectivity index (χ0v) is 13.0. The molecule has 0 unspecified atom stereocenters. The molecule has 20 heavy (non-hydrogen) atoms. The Bertz CT molecular complexity index is 753. The fraction of sp³-hybridized carbons (Fsp3) is 0.0667. The van der Waals surface area contributed by atoms with Gasteiger partial charge >= 0.3 is 0 Å². The second-order valence-electron chi connectivity index (χ2n) is 4.45. The molecule has 0 radical (unpaired) electrons. The molecule has 0 saturated carbocycles. The minimum absolute atomic E-state index is 0.380. The molecule has 2 N–H and O–H groups in total. The average molecular weight is 377 g/mol. The van der Waals surface area contributed by atoms with Crippen molar-refractivity contribution in [1.82, 2.24) is 10.1 Å². The molecule has 0 saturated heterocycles. The lowest BCUT2D eigenvalue weighted by Crippen LogP contribution is -1.91. The zero-order chi connectivity index (χ0) is 14.1. The lowest BCUT2D eigenvalue weighted by molar-refractivity contribution is 0.436. The van der Waals surface area contributed by atoms with Gasteiger partial charge in [-0.3, -0.25) is 4.98 Å². The van der Waals surface area contributed by atoms with Gasteiger partial charge in [0.05, 0.1) is 5.56 Å². The summed E-state index contributed by atoms with van der Waals surface area (Å²) in [5.74, 6) is 1.06. The molecule has 3 rings (SSSR count). The van der Waals surface area contributed by atoms with Crippen molar-refractivity contribution in [2.45, 2.75) is 6.92 Å². The second kappa shape index (κ2) is 5.24. The minimum atomic E-state index is 0.380. The third-order valence-electron chi connectivity index (χ3n) is 3.11. The van der Waals surface area contributed by atoms with E-state index in [-0.39, 0.29) is 0 Å². The molecule has 2 heterocycles. The lowest BCUT2D eigenvalue weighted by atomic mass is 10.0. The first-order valence-electron chi connectivity index (χ1n) is 6.09. The summed E-state index contributed by atoms with van der Waals surface area (Å²) < 4.78 is 6.60. The van der Waals surface area contributed by atoms with Crippen LogP contribution in [-0.4, -0.2) is 10.1 Å². The molecule has 100 valence electrons. The van der Waals surface area contributed by atoms with E-state index < -0.39 is 0 Å². The minimum Gasteiger partial charge on any atom is -0.380 e. The van der Waals surface area contributed by atoms with Crippen LogP contribution in [0.15, 0.2) is 47.2 Å². The first-order valence-corrected chi connectivity index (χ1v) is 7.17. The van der Waals surface area contributed by atoms with E-state index in [1.54, 1.807) is 12.4 Å². The van der Waals surface area contributed by atoms with Gasteiger partial charge in [-0.25, -0.2) is 0 Å². The first kappa shape index (κ1) is 13.1. The second-order valence-corrected chi connectivity index (χ2v) is 5.53. The van der Waals surface area contributed by atoms with E-state index in [1.807, 2.05) is 24.3 Å². The molecule has 0 fully saturated rings. The number of aryl methyl sites for hydroxylation is 1. The van der Waals surface area contributed by atoms with Crippen LogP contribution in [0.5, 0.6) is 0 Å². The van der Waals surface area contributed by atoms with Gasteiger partial charge in [0.25, 0.3) is 0 Å². The van der Waals surface area contributed by atoms with E-state index in [1.165, 1.54) is 5.56 Å². The van der Waals surface area contributed by atoms with E-state index >= 15 is 0 Å². The van der Waals surface area contributed by atoms with Crippen molar-refractivity contribution in [2.24, 2.45) is 0 Å². The molecule has 0 bridgehead atoms. The van der Waals surface area contributed by atoms with Crippen LogP contribution in [0.3, 0.4) is 0 Å². The van der Waals surface area contributed by atoms with E-state index in [0.29, 0.717) is 11.6 Å². The maximum Gasteiger partial charge on any atom is 0.178 e. The van der Waals surface area contributed by atoms with Crippen molar-refractivity contribution in [3.8, 4) is 22.5 Å². The van der Waals surface area contributed by atoms with Gasteiger partial charge in [-0.1, -0.05) is 29.4 Å². The third kappa shape index (κ3) is 2.18. The molecule has 5 heteroatoms. The van der Waals surface area contributed by atoms with Gasteiger partial charge in [0.2, 0.25) is 0 Å². The standard InChI is InChI=1S/C15H12IN3O/c1-9-4-2-6-11(13(9)16)14-12(15(17)19-20-14)10-5-3-7-18-8-10/h2-8H,1H3,(H2,17,19). The van der Waals surface area contributed by atoms with E-state index in [2.05, 4.69) is 45.7 Å². The predicted molar refractivity (Wildman–Crippen MR) is 87.0 cm³/mol. The average Bonchev–Trinajstić information content (AvgIpc) is 2.84. The van der Waals surface area contributed by atoms with Gasteiger partial charge in [-0.15, -0.1) is 0 Å². The Hall–Kier alpha value is -1.89. The Morgan fingerprint density at radius 1 is 1.20 bits per heavy atom. The van der Waals surface area contributed by atoms with Crippen LogP contribution in [0.4, 0.5) is 5.82 Å². The quantitative estimate of drug-likeness (QED) is 0.688. The number of rotatable bonds is 2. The Morgan fingerprint density at radius 3 is 2.80 bits per heavy atom. The van der Waals surface area contributed by atoms with E-state index in [4.69, 9.17) is 10.3 Å². The van der Waals surface area contributed by atoms with Gasteiger partial charge in [-0.05, 0) is 41.1 Å². The van der Waals surface area contributed by atoms with E-state index in [0.717, 1.165) is 20.3 Å². The molecular formula is C15H12IN3O. The van der Waals surface area contributed by atoms with E-state index in [9.17, 15) is 0 Å². The Labute approximate surface area is 130 Å². The van der Waals surface area contributed by atoms with Gasteiger partial charge < -0.3 is 10.3 Å². The molecule has 2 aromatic heterocycles. The molecular weight excluding hydrogens is 365 g/mol. The number of pyridine rings is 1. The molecule has 0 amide bonds. The number of aromatic nitrogens is 2. The largest absolute Gasteiger partial charge is 0.380 e. The number of nitrogens with two attached hydrogens (primary N) is 1. The van der Waals surface area contributed by atoms with Gasteiger partial charge in [0, 0.05) is 27.1 Å². The summed E-state index contributed by atoms with van der Waals surface area (Å²) >= 11 is 2.31. The van der Waals surface area contributed by atoms with Crippen LogP contribution in [0.1, 0.15) is 5.56 Å². The van der Waals surface area contributed by atoms with Crippen LogP contribution < -0.4 is 5.73 Å². The van der Waals surface area contributed by atoms with Crippen LogP contribution in [-0.2, 0) is 0 Å². The van der Waals surface area contributed by atoms with Crippen LogP contribution in [0.2, 0.25) is 0 Å². The SMILES string of the molecule is Cc1cccc(-c2onc(N)c2-c2cccnc2)c1I. The maximum atomic E-state index is 5.96. The smallest absolute Gasteiger partial charge is 0.178 e. The Morgan fingerprint density at radius 2 is 2.05 bits per heavy atom. The molecule has 4 nitrogen and oxygen atoms in total. The van der Waals surface area contributed by atoms with Gasteiger partial charge in [0.15, 0.2) is 11.6 Å². The number of nitrogens with zero attached hydrogens (tertiary/aromatic N) is 2. The third-order valence-corrected chi connectivity index (χ3v) is 4.54. The van der Waals surface area contributed by atoms with Crippen LogP contribution in [0.25, 0.3) is 22.5 Å². The molecule has 3 aromatic rings. The Kier molecular flexibility index (Phi) is 3.43. The maximum absolute atomic E-state index is 5.96. The molecule has 0 aliphatic carbocycles. The number of hydrogen-bond acceptors (Lipinski definition) is 4. The number of benzene rings is 1. The fourth-order valence-electron chi connectivity index (χ4n) is 2.10. The molecule has 0 atom stereocenters. The highest BCUT2D eigenvalue weighted by molar-refractivity contribution is 14.1. The predicted octanol–water partition coefficient (Wildman–Crippen LogP) is 3.90. The summed E-state index contributed by atoms with van der Waals surface area (Å²) in [5.41, 5.74) is 9.84. The molecule has 0 aliphatic rings. The Balaban J connectivity index is 2.24. The van der Waals surface area contributed by atoms with Crippen molar-refractivity contribution < 1.29 is 4.52 Å². The number of halogens is 1. The summed E-state index contributed by atoms with van der Waals surface area (Å²) in [5, 5.41) is 3.91. The number of nitrogen functional groups attached to an aromatic ring is 1. The topological polar surface area (TPSA) is 64.9 Å². The highest BCUT2D eigenvalue weighted by Gasteiger charge is 2.19. The van der Waals surface area contributed by atoms with Crippen LogP contribution in [0, 0.1) is 10.5 Å². The zero-order valence-electron chi connectivity index (χ0n) is 10.8. The van der Waals surface area contributed by atoms with Crippen molar-refractivity contribution in [1.29, 1.82) is 0 Å². The summed E-state index contributed by atoms with van der Waals surface area (Å²) in [6.07, 6.45) is 3.48. The van der Waals surface area contributed by atoms with Gasteiger partial charge in [-0.2, -0.15) is 0 Å². The lowest BCUT2D eigenvalue weighted by Gasteiger charge is -2.06. The summed E-state index contributed by atoms with van der Waals surface area (Å²) in [6, 6.07) is 9.89. The monoisotopic (exact) mass is 377 g/mol. The fourth-order valence-corrected chi connectivity index (χ4v) is 2.70. The summed E-state index contributed by atoms with van der Waals surface area (Å²) in [4.78, 5) is 4.13. The van der Waals surface area contributed by atoms with Crippen molar-refractivity contribution in [3.05, 3.63) is 51.9 Å².